The van der Waals surface area contributed by atoms with E-state index < -0.39 is 0 Å². The zero-order valence-electron chi connectivity index (χ0n) is 18.6. The first-order chi connectivity index (χ1) is 14.1. The van der Waals surface area contributed by atoms with Crippen LogP contribution in [0.2, 0.25) is 0 Å². The Morgan fingerprint density at radius 1 is 1.03 bits per heavy atom. The molecule has 3 nitrogen and oxygen atoms in total. The Balaban J connectivity index is 1.31. The van der Waals surface area contributed by atoms with Crippen molar-refractivity contribution in [2.75, 3.05) is 13.2 Å². The highest BCUT2D eigenvalue weighted by Crippen LogP contribution is 2.69. The van der Waals surface area contributed by atoms with Crippen molar-refractivity contribution in [3.05, 3.63) is 24.2 Å². The number of hydrogen-bond acceptors (Lipinski definition) is 3. The van der Waals surface area contributed by atoms with Gasteiger partial charge in [0, 0.05) is 6.61 Å². The molecule has 4 saturated carbocycles. The SMILES string of the molecule is C[C@]12CCC(OCCCN)CC1CC[C@@H]1[C@H]2CC[C@]2(C)C(c3ccoc3)CC[C@@H]12. The lowest BCUT2D eigenvalue weighted by Gasteiger charge is -2.61. The molecule has 29 heavy (non-hydrogen) atoms. The Hall–Kier alpha value is -0.800. The Morgan fingerprint density at radius 2 is 1.86 bits per heavy atom. The molecule has 1 aromatic rings. The number of ether oxygens (including phenoxy) is 1. The summed E-state index contributed by atoms with van der Waals surface area (Å²) in [6.45, 7) is 6.88. The predicted molar refractivity (Wildman–Crippen MR) is 117 cm³/mol. The fourth-order valence-electron chi connectivity index (χ4n) is 8.72. The summed E-state index contributed by atoms with van der Waals surface area (Å²) in [6, 6.07) is 2.23. The normalized spacial score (nSPS) is 46.7. The van der Waals surface area contributed by atoms with Crippen LogP contribution in [0.1, 0.15) is 89.5 Å². The van der Waals surface area contributed by atoms with Gasteiger partial charge in [0.2, 0.25) is 0 Å². The molecule has 0 aliphatic heterocycles. The van der Waals surface area contributed by atoms with E-state index in [1.807, 2.05) is 12.5 Å². The third-order valence-corrected chi connectivity index (χ3v) is 10.3. The summed E-state index contributed by atoms with van der Waals surface area (Å²) >= 11 is 0. The highest BCUT2D eigenvalue weighted by Gasteiger charge is 2.60. The van der Waals surface area contributed by atoms with Gasteiger partial charge in [0.1, 0.15) is 0 Å². The minimum absolute atomic E-state index is 0.483. The third kappa shape index (κ3) is 3.22. The maximum atomic E-state index is 6.21. The smallest absolute Gasteiger partial charge is 0.0937 e. The summed E-state index contributed by atoms with van der Waals surface area (Å²) in [7, 11) is 0. The largest absolute Gasteiger partial charge is 0.472 e. The zero-order chi connectivity index (χ0) is 20.1. The number of hydrogen-bond donors (Lipinski definition) is 1. The minimum Gasteiger partial charge on any atom is -0.472 e. The van der Waals surface area contributed by atoms with Crippen LogP contribution < -0.4 is 5.73 Å². The molecule has 3 heteroatoms. The van der Waals surface area contributed by atoms with Gasteiger partial charge in [-0.15, -0.1) is 0 Å². The summed E-state index contributed by atoms with van der Waals surface area (Å²) in [5, 5.41) is 0. The molecular weight excluding hydrogens is 358 g/mol. The molecule has 8 atom stereocenters. The summed E-state index contributed by atoms with van der Waals surface area (Å²) < 4.78 is 11.7. The second kappa shape index (κ2) is 7.71. The fourth-order valence-corrected chi connectivity index (χ4v) is 8.72. The molecule has 5 rings (SSSR count). The number of furan rings is 1. The van der Waals surface area contributed by atoms with Gasteiger partial charge in [0.15, 0.2) is 0 Å². The first-order valence-corrected chi connectivity index (χ1v) is 12.4. The minimum atomic E-state index is 0.483. The highest BCUT2D eigenvalue weighted by molar-refractivity contribution is 5.22. The Kier molecular flexibility index (Phi) is 5.35. The maximum absolute atomic E-state index is 6.21. The van der Waals surface area contributed by atoms with E-state index in [9.17, 15) is 0 Å². The maximum Gasteiger partial charge on any atom is 0.0937 e. The van der Waals surface area contributed by atoms with Crippen LogP contribution in [0.5, 0.6) is 0 Å². The predicted octanol–water partition coefficient (Wildman–Crippen LogP) is 6.14. The molecule has 4 aliphatic carbocycles. The van der Waals surface area contributed by atoms with Gasteiger partial charge in [-0.05, 0) is 123 Å². The number of rotatable bonds is 5. The third-order valence-electron chi connectivity index (χ3n) is 10.3. The van der Waals surface area contributed by atoms with Crippen LogP contribution in [0.4, 0.5) is 0 Å². The van der Waals surface area contributed by atoms with Crippen molar-refractivity contribution < 1.29 is 9.15 Å². The Morgan fingerprint density at radius 3 is 2.66 bits per heavy atom. The second-order valence-electron chi connectivity index (χ2n) is 11.3. The van der Waals surface area contributed by atoms with E-state index in [0.29, 0.717) is 22.9 Å². The van der Waals surface area contributed by atoms with E-state index in [1.54, 1.807) is 0 Å². The van der Waals surface area contributed by atoms with E-state index >= 15 is 0 Å². The van der Waals surface area contributed by atoms with Crippen LogP contribution in [0.25, 0.3) is 0 Å². The first-order valence-electron chi connectivity index (χ1n) is 12.4. The Labute approximate surface area is 177 Å². The lowest BCUT2D eigenvalue weighted by molar-refractivity contribution is -0.131. The van der Waals surface area contributed by atoms with Gasteiger partial charge in [-0.2, -0.15) is 0 Å². The Bertz CT molecular complexity index is 687. The molecule has 3 unspecified atom stereocenters. The average Bonchev–Trinajstić information content (AvgIpc) is 3.35. The lowest BCUT2D eigenvalue weighted by atomic mass is 9.44. The van der Waals surface area contributed by atoms with Crippen LogP contribution in [0.3, 0.4) is 0 Å². The van der Waals surface area contributed by atoms with Crippen LogP contribution in [0, 0.1) is 34.5 Å². The van der Waals surface area contributed by atoms with E-state index in [1.165, 1.54) is 63.4 Å². The highest BCUT2D eigenvalue weighted by atomic mass is 16.5. The summed E-state index contributed by atoms with van der Waals surface area (Å²) in [5.41, 5.74) is 8.15. The molecule has 0 amide bonds. The van der Waals surface area contributed by atoms with Crippen molar-refractivity contribution >= 4 is 0 Å². The van der Waals surface area contributed by atoms with Gasteiger partial charge in [-0.3, -0.25) is 0 Å². The molecule has 0 bridgehead atoms. The molecule has 162 valence electrons. The number of fused-ring (bicyclic) bond motifs is 5. The topological polar surface area (TPSA) is 48.4 Å². The summed E-state index contributed by atoms with van der Waals surface area (Å²) in [4.78, 5) is 0. The molecule has 0 saturated heterocycles. The van der Waals surface area contributed by atoms with Gasteiger partial charge in [0.25, 0.3) is 0 Å². The van der Waals surface area contributed by atoms with E-state index in [2.05, 4.69) is 19.9 Å². The van der Waals surface area contributed by atoms with Gasteiger partial charge < -0.3 is 14.9 Å². The molecule has 1 heterocycles. The van der Waals surface area contributed by atoms with E-state index in [4.69, 9.17) is 14.9 Å². The molecule has 0 spiro atoms. The second-order valence-corrected chi connectivity index (χ2v) is 11.3. The van der Waals surface area contributed by atoms with Crippen molar-refractivity contribution in [1.82, 2.24) is 0 Å². The molecule has 0 radical (unpaired) electrons. The van der Waals surface area contributed by atoms with Crippen LogP contribution in [-0.2, 0) is 4.74 Å². The van der Waals surface area contributed by atoms with Crippen LogP contribution >= 0.6 is 0 Å². The standard InChI is InChI=1S/C26H41NO2/c1-25-11-8-20(29-14-3-13-27)16-19(25)4-5-21-23-7-6-22(18-10-15-28-17-18)26(23,2)12-9-24(21)25/h10,15,17,19-24H,3-9,11-14,16,27H2,1-2H3/t19?,20?,21-,22?,23-,24+,25-,26+/m0/s1. The summed E-state index contributed by atoms with van der Waals surface area (Å²) in [6.07, 6.45) is 17.8. The summed E-state index contributed by atoms with van der Waals surface area (Å²) in [5.74, 6) is 4.38. The van der Waals surface area contributed by atoms with Crippen LogP contribution in [-0.4, -0.2) is 19.3 Å². The van der Waals surface area contributed by atoms with Crippen molar-refractivity contribution in [1.29, 1.82) is 0 Å². The fraction of sp³-hybridized carbons (Fsp3) is 0.846. The van der Waals surface area contributed by atoms with Gasteiger partial charge in [-0.25, -0.2) is 0 Å². The average molecular weight is 400 g/mol. The molecule has 4 fully saturated rings. The molecule has 0 aromatic carbocycles. The van der Waals surface area contributed by atoms with Crippen LogP contribution in [0.15, 0.2) is 23.0 Å². The van der Waals surface area contributed by atoms with E-state index in [0.717, 1.165) is 43.2 Å². The van der Waals surface area contributed by atoms with Crippen molar-refractivity contribution in [2.45, 2.75) is 90.1 Å². The van der Waals surface area contributed by atoms with Gasteiger partial charge in [-0.1, -0.05) is 13.8 Å². The lowest BCUT2D eigenvalue weighted by Crippen LogP contribution is -2.53. The van der Waals surface area contributed by atoms with E-state index in [-0.39, 0.29) is 0 Å². The quantitative estimate of drug-likeness (QED) is 0.605. The number of nitrogens with two attached hydrogens (primary N) is 1. The van der Waals surface area contributed by atoms with Crippen molar-refractivity contribution in [3.63, 3.8) is 0 Å². The monoisotopic (exact) mass is 399 g/mol. The molecule has 4 aliphatic rings. The van der Waals surface area contributed by atoms with Gasteiger partial charge >= 0.3 is 0 Å². The zero-order valence-corrected chi connectivity index (χ0v) is 18.6. The van der Waals surface area contributed by atoms with Crippen molar-refractivity contribution in [3.8, 4) is 0 Å². The van der Waals surface area contributed by atoms with Gasteiger partial charge in [0.05, 0.1) is 18.6 Å². The van der Waals surface area contributed by atoms with Crippen molar-refractivity contribution in [2.24, 2.45) is 40.2 Å². The molecular formula is C26H41NO2. The molecule has 2 N–H and O–H groups in total. The first kappa shape index (κ1) is 20.1. The molecule has 1 aromatic heterocycles.